The zero-order chi connectivity index (χ0) is 7.98. The van der Waals surface area contributed by atoms with E-state index in [9.17, 15) is 4.79 Å². The van der Waals surface area contributed by atoms with Gasteiger partial charge in [0, 0.05) is 0 Å². The number of halogens is 1. The van der Waals surface area contributed by atoms with E-state index in [1.165, 1.54) is 12.2 Å². The van der Waals surface area contributed by atoms with Crippen molar-refractivity contribution < 1.29 is 9.53 Å². The lowest BCUT2D eigenvalue weighted by molar-refractivity contribution is -0.137. The van der Waals surface area contributed by atoms with Crippen molar-refractivity contribution in [3.05, 3.63) is 23.2 Å². The van der Waals surface area contributed by atoms with Crippen LogP contribution in [-0.4, -0.2) is 12.6 Å². The molecule has 0 amide bonds. The molecule has 0 heterocycles. The quantitative estimate of drug-likeness (QED) is 0.400. The highest BCUT2D eigenvalue weighted by Gasteiger charge is 2.03. The topological polar surface area (TPSA) is 26.3 Å². The van der Waals surface area contributed by atoms with Gasteiger partial charge in [-0.25, -0.2) is 4.79 Å². The van der Waals surface area contributed by atoms with E-state index in [-0.39, 0.29) is 5.97 Å². The second kappa shape index (κ2) is 5.23. The largest absolute Gasteiger partial charge is 0.462 e. The van der Waals surface area contributed by atoms with E-state index in [1.807, 2.05) is 0 Å². The zero-order valence-corrected chi connectivity index (χ0v) is 7.35. The molecule has 0 saturated heterocycles. The summed E-state index contributed by atoms with van der Waals surface area (Å²) in [7, 11) is 0. The second-order valence-electron chi connectivity index (χ2n) is 1.47. The van der Waals surface area contributed by atoms with Crippen LogP contribution >= 0.6 is 15.9 Å². The van der Waals surface area contributed by atoms with E-state index in [0.717, 1.165) is 0 Å². The lowest BCUT2D eigenvalue weighted by Gasteiger charge is -1.97. The first-order valence-corrected chi connectivity index (χ1v) is 3.67. The summed E-state index contributed by atoms with van der Waals surface area (Å²) < 4.78 is 5.05. The third-order valence-electron chi connectivity index (χ3n) is 0.735. The second-order valence-corrected chi connectivity index (χ2v) is 2.33. The fraction of sp³-hybridized carbons (Fsp3) is 0.286. The van der Waals surface area contributed by atoms with Gasteiger partial charge >= 0.3 is 5.97 Å². The monoisotopic (exact) mass is 204 g/mol. The van der Waals surface area contributed by atoms with Crippen molar-refractivity contribution in [3.63, 3.8) is 0 Å². The molecule has 56 valence electrons. The highest BCUT2D eigenvalue weighted by atomic mass is 79.9. The van der Waals surface area contributed by atoms with Crippen molar-refractivity contribution in [3.8, 4) is 0 Å². The molecule has 0 aliphatic carbocycles. The van der Waals surface area contributed by atoms with Gasteiger partial charge in [-0.1, -0.05) is 12.7 Å². The van der Waals surface area contributed by atoms with E-state index in [2.05, 4.69) is 27.2 Å². The minimum Gasteiger partial charge on any atom is -0.462 e. The van der Waals surface area contributed by atoms with E-state index < -0.39 is 0 Å². The molecule has 0 aliphatic rings. The number of rotatable bonds is 3. The number of carbonyl (C=O) groups excluding carboxylic acids is 1. The van der Waals surface area contributed by atoms with Crippen molar-refractivity contribution in [2.24, 2.45) is 0 Å². The van der Waals surface area contributed by atoms with E-state index >= 15 is 0 Å². The molecule has 0 spiro atoms. The molecule has 0 aromatic rings. The first kappa shape index (κ1) is 9.43. The maximum Gasteiger partial charge on any atom is 0.345 e. The molecular formula is C7H9BrO2. The Morgan fingerprint density at radius 3 is 2.80 bits per heavy atom. The molecule has 0 bridgehead atoms. The highest BCUT2D eigenvalue weighted by Crippen LogP contribution is 2.06. The molecule has 10 heavy (non-hydrogen) atoms. The van der Waals surface area contributed by atoms with Gasteiger partial charge in [0.2, 0.25) is 0 Å². The Morgan fingerprint density at radius 1 is 1.80 bits per heavy atom. The van der Waals surface area contributed by atoms with E-state index in [0.29, 0.717) is 11.1 Å². The van der Waals surface area contributed by atoms with Crippen LogP contribution in [0.25, 0.3) is 0 Å². The Kier molecular flexibility index (Phi) is 4.94. The zero-order valence-electron chi connectivity index (χ0n) is 5.76. The predicted molar refractivity (Wildman–Crippen MR) is 43.8 cm³/mol. The maximum atomic E-state index is 10.7. The molecule has 0 aromatic carbocycles. The van der Waals surface area contributed by atoms with Crippen LogP contribution in [0.3, 0.4) is 0 Å². The smallest absolute Gasteiger partial charge is 0.345 e. The van der Waals surface area contributed by atoms with Crippen molar-refractivity contribution >= 4 is 21.9 Å². The normalized spacial score (nSPS) is 10.8. The fourth-order valence-electron chi connectivity index (χ4n) is 0.372. The Morgan fingerprint density at radius 2 is 2.40 bits per heavy atom. The average Bonchev–Trinajstić information content (AvgIpc) is 1.89. The van der Waals surface area contributed by atoms with Crippen molar-refractivity contribution in [2.75, 3.05) is 6.61 Å². The standard InChI is InChI=1S/C7H9BrO2/c1-3-5-6(8)7(9)10-4-2/h3,5H,1,4H2,2H3/b6-5-. The maximum absolute atomic E-state index is 10.7. The van der Waals surface area contributed by atoms with E-state index in [1.54, 1.807) is 6.92 Å². The lowest BCUT2D eigenvalue weighted by atomic mass is 10.5. The van der Waals surface area contributed by atoms with Gasteiger partial charge in [0.15, 0.2) is 0 Å². The molecule has 2 nitrogen and oxygen atoms in total. The fourth-order valence-corrected chi connectivity index (χ4v) is 0.673. The summed E-state index contributed by atoms with van der Waals surface area (Å²) in [5.41, 5.74) is 0. The van der Waals surface area contributed by atoms with Crippen LogP contribution in [0.1, 0.15) is 6.92 Å². The van der Waals surface area contributed by atoms with Gasteiger partial charge in [-0.3, -0.25) is 0 Å². The molecule has 0 N–H and O–H groups in total. The molecule has 0 aromatic heterocycles. The number of hydrogen-bond acceptors (Lipinski definition) is 2. The van der Waals surface area contributed by atoms with E-state index in [4.69, 9.17) is 0 Å². The van der Waals surface area contributed by atoms with Gasteiger partial charge in [0.1, 0.15) is 4.48 Å². The molecule has 0 aliphatic heterocycles. The molecular weight excluding hydrogens is 196 g/mol. The number of carbonyl (C=O) groups is 1. The first-order valence-electron chi connectivity index (χ1n) is 2.87. The van der Waals surface area contributed by atoms with Gasteiger partial charge in [-0.15, -0.1) is 0 Å². The molecule has 0 radical (unpaired) electrons. The van der Waals surface area contributed by atoms with Crippen LogP contribution in [0.15, 0.2) is 23.2 Å². The van der Waals surface area contributed by atoms with Gasteiger partial charge in [0.25, 0.3) is 0 Å². The lowest BCUT2D eigenvalue weighted by Crippen LogP contribution is -2.02. The average molecular weight is 205 g/mol. The molecule has 0 atom stereocenters. The van der Waals surface area contributed by atoms with Crippen LogP contribution in [-0.2, 0) is 9.53 Å². The third-order valence-corrected chi connectivity index (χ3v) is 1.32. The van der Waals surface area contributed by atoms with Crippen molar-refractivity contribution in [2.45, 2.75) is 6.92 Å². The Hall–Kier alpha value is -0.570. The minimum atomic E-state index is -0.359. The van der Waals surface area contributed by atoms with Crippen LogP contribution in [0.2, 0.25) is 0 Å². The summed E-state index contributed by atoms with van der Waals surface area (Å²) in [5, 5.41) is 0. The van der Waals surface area contributed by atoms with Gasteiger partial charge < -0.3 is 4.74 Å². The van der Waals surface area contributed by atoms with Crippen LogP contribution in [0.5, 0.6) is 0 Å². The number of esters is 1. The highest BCUT2D eigenvalue weighted by molar-refractivity contribution is 9.12. The van der Waals surface area contributed by atoms with Crippen LogP contribution < -0.4 is 0 Å². The SMILES string of the molecule is C=C/C=C(\Br)C(=O)OCC. The number of allylic oxidation sites excluding steroid dienone is 2. The Balaban J connectivity index is 3.93. The first-order chi connectivity index (χ1) is 4.72. The van der Waals surface area contributed by atoms with Gasteiger partial charge in [-0.2, -0.15) is 0 Å². The molecule has 0 rings (SSSR count). The van der Waals surface area contributed by atoms with Crippen molar-refractivity contribution in [1.29, 1.82) is 0 Å². The van der Waals surface area contributed by atoms with Crippen LogP contribution in [0.4, 0.5) is 0 Å². The summed E-state index contributed by atoms with van der Waals surface area (Å²) in [5.74, 6) is -0.359. The van der Waals surface area contributed by atoms with Gasteiger partial charge in [0.05, 0.1) is 6.61 Å². The Bertz CT molecular complexity index is 161. The molecule has 0 saturated carbocycles. The van der Waals surface area contributed by atoms with Crippen LogP contribution in [0, 0.1) is 0 Å². The number of hydrogen-bond donors (Lipinski definition) is 0. The molecule has 3 heteroatoms. The predicted octanol–water partition coefficient (Wildman–Crippen LogP) is 2.01. The molecule has 0 fully saturated rings. The van der Waals surface area contributed by atoms with Gasteiger partial charge in [-0.05, 0) is 28.9 Å². The number of ether oxygens (including phenoxy) is 1. The third kappa shape index (κ3) is 3.45. The summed E-state index contributed by atoms with van der Waals surface area (Å²) >= 11 is 3.02. The summed E-state index contributed by atoms with van der Waals surface area (Å²) in [6.45, 7) is 5.57. The minimum absolute atomic E-state index is 0.359. The van der Waals surface area contributed by atoms with Crippen molar-refractivity contribution in [1.82, 2.24) is 0 Å². The summed E-state index contributed by atoms with van der Waals surface area (Å²) in [4.78, 5) is 10.7. The Labute approximate surface area is 68.7 Å². The summed E-state index contributed by atoms with van der Waals surface area (Å²) in [6, 6.07) is 0. The summed E-state index contributed by atoms with van der Waals surface area (Å²) in [6.07, 6.45) is 3.05. The molecule has 0 unspecified atom stereocenters.